The van der Waals surface area contributed by atoms with E-state index in [2.05, 4.69) is 34.9 Å². The summed E-state index contributed by atoms with van der Waals surface area (Å²) in [6.45, 7) is 3.62. The minimum atomic E-state index is -0.991. The number of carboxylic acids is 1. The van der Waals surface area contributed by atoms with Gasteiger partial charge in [-0.25, -0.2) is 4.79 Å². The first-order valence-corrected chi connectivity index (χ1v) is 11.1. The zero-order valence-corrected chi connectivity index (χ0v) is 19.0. The lowest BCUT2D eigenvalue weighted by atomic mass is 9.98. The Morgan fingerprint density at radius 2 is 1.59 bits per heavy atom. The topological polar surface area (TPSA) is 105 Å². The molecule has 3 aromatic rings. The predicted octanol–water partition coefficient (Wildman–Crippen LogP) is 4.95. The molecule has 3 aromatic carbocycles. The van der Waals surface area contributed by atoms with E-state index in [0.29, 0.717) is 11.3 Å². The van der Waals surface area contributed by atoms with E-state index in [1.54, 1.807) is 25.1 Å². The maximum Gasteiger partial charge on any atom is 0.411 e. The molecule has 1 aliphatic carbocycles. The van der Waals surface area contributed by atoms with Gasteiger partial charge in [0.15, 0.2) is 0 Å². The molecule has 0 radical (unpaired) electrons. The van der Waals surface area contributed by atoms with Crippen LogP contribution in [-0.4, -0.2) is 35.7 Å². The van der Waals surface area contributed by atoms with E-state index in [-0.39, 0.29) is 18.9 Å². The highest BCUT2D eigenvalue weighted by atomic mass is 16.5. The average molecular weight is 459 g/mol. The van der Waals surface area contributed by atoms with E-state index >= 15 is 0 Å². The number of carbonyl (C=O) groups is 3. The molecule has 7 nitrogen and oxygen atoms in total. The summed E-state index contributed by atoms with van der Waals surface area (Å²) in [7, 11) is 0. The largest absolute Gasteiger partial charge is 0.481 e. The molecule has 34 heavy (non-hydrogen) atoms. The fourth-order valence-corrected chi connectivity index (χ4v) is 4.26. The molecule has 0 saturated heterocycles. The number of anilines is 1. The van der Waals surface area contributed by atoms with Gasteiger partial charge >= 0.3 is 12.1 Å². The minimum absolute atomic E-state index is 0.0490. The Labute approximate surface area is 197 Å². The summed E-state index contributed by atoms with van der Waals surface area (Å²) in [6, 6.07) is 20.6. The number of hydrogen-bond acceptors (Lipinski definition) is 4. The van der Waals surface area contributed by atoms with Gasteiger partial charge in [0, 0.05) is 23.2 Å². The van der Waals surface area contributed by atoms with E-state index in [1.165, 1.54) is 0 Å². The van der Waals surface area contributed by atoms with Crippen LogP contribution in [0.2, 0.25) is 0 Å². The van der Waals surface area contributed by atoms with Crippen molar-refractivity contribution in [3.8, 4) is 11.1 Å². The van der Waals surface area contributed by atoms with Gasteiger partial charge in [-0.15, -0.1) is 0 Å². The predicted molar refractivity (Wildman–Crippen MR) is 129 cm³/mol. The number of amides is 2. The summed E-state index contributed by atoms with van der Waals surface area (Å²) in [4.78, 5) is 35.9. The van der Waals surface area contributed by atoms with E-state index in [1.807, 2.05) is 31.2 Å². The third-order valence-electron chi connectivity index (χ3n) is 5.94. The van der Waals surface area contributed by atoms with Crippen LogP contribution in [0.25, 0.3) is 11.1 Å². The first kappa shape index (κ1) is 23.0. The number of benzene rings is 3. The SMILES string of the molecule is Cc1ccc(C(=O)N[C@H](C)CC(=O)O)cc1NC(=O)OCC1c2ccccc2-c2ccccc21. The van der Waals surface area contributed by atoms with Crippen LogP contribution in [0.3, 0.4) is 0 Å². The Kier molecular flexibility index (Phi) is 6.63. The third-order valence-corrected chi connectivity index (χ3v) is 5.94. The highest BCUT2D eigenvalue weighted by Crippen LogP contribution is 2.44. The van der Waals surface area contributed by atoms with Crippen LogP contribution in [0.1, 0.15) is 46.3 Å². The van der Waals surface area contributed by atoms with Crippen molar-refractivity contribution in [2.45, 2.75) is 32.2 Å². The van der Waals surface area contributed by atoms with Crippen LogP contribution in [-0.2, 0) is 9.53 Å². The maximum absolute atomic E-state index is 12.6. The maximum atomic E-state index is 12.6. The number of nitrogens with one attached hydrogen (secondary N) is 2. The molecule has 2 amide bonds. The van der Waals surface area contributed by atoms with Crippen LogP contribution >= 0.6 is 0 Å². The molecule has 7 heteroatoms. The molecule has 0 spiro atoms. The number of ether oxygens (including phenoxy) is 1. The van der Waals surface area contributed by atoms with E-state index in [4.69, 9.17) is 9.84 Å². The Balaban J connectivity index is 1.42. The van der Waals surface area contributed by atoms with Crippen molar-refractivity contribution in [3.05, 3.63) is 89.0 Å². The molecule has 1 atom stereocenters. The normalized spacial score (nSPS) is 12.9. The smallest absolute Gasteiger partial charge is 0.411 e. The second-order valence-electron chi connectivity index (χ2n) is 8.45. The van der Waals surface area contributed by atoms with Crippen molar-refractivity contribution >= 4 is 23.7 Å². The molecule has 0 unspecified atom stereocenters. The Morgan fingerprint density at radius 1 is 0.971 bits per heavy atom. The molecule has 1 aliphatic rings. The first-order chi connectivity index (χ1) is 16.3. The van der Waals surface area contributed by atoms with Crippen LogP contribution < -0.4 is 10.6 Å². The van der Waals surface area contributed by atoms with E-state index in [9.17, 15) is 14.4 Å². The minimum Gasteiger partial charge on any atom is -0.481 e. The number of aryl methyl sites for hydroxylation is 1. The Bertz CT molecular complexity index is 1210. The highest BCUT2D eigenvalue weighted by Gasteiger charge is 2.29. The fourth-order valence-electron chi connectivity index (χ4n) is 4.26. The van der Waals surface area contributed by atoms with Crippen molar-refractivity contribution in [1.29, 1.82) is 0 Å². The zero-order chi connectivity index (χ0) is 24.2. The van der Waals surface area contributed by atoms with Crippen molar-refractivity contribution in [2.24, 2.45) is 0 Å². The van der Waals surface area contributed by atoms with Crippen LogP contribution in [0, 0.1) is 6.92 Å². The van der Waals surface area contributed by atoms with Crippen LogP contribution in [0.5, 0.6) is 0 Å². The molecular weight excluding hydrogens is 432 g/mol. The molecule has 0 aromatic heterocycles. The van der Waals surface area contributed by atoms with Gasteiger partial charge in [0.25, 0.3) is 5.91 Å². The quantitative estimate of drug-likeness (QED) is 0.465. The number of hydrogen-bond donors (Lipinski definition) is 3. The average Bonchev–Trinajstić information content (AvgIpc) is 3.12. The lowest BCUT2D eigenvalue weighted by molar-refractivity contribution is -0.137. The second kappa shape index (κ2) is 9.79. The van der Waals surface area contributed by atoms with Gasteiger partial charge < -0.3 is 15.2 Å². The Morgan fingerprint density at radius 3 is 2.21 bits per heavy atom. The van der Waals surface area contributed by atoms with Gasteiger partial charge in [0.05, 0.1) is 6.42 Å². The lowest BCUT2D eigenvalue weighted by Crippen LogP contribution is -2.34. The molecule has 0 saturated carbocycles. The van der Waals surface area contributed by atoms with Crippen molar-refractivity contribution in [3.63, 3.8) is 0 Å². The van der Waals surface area contributed by atoms with Gasteiger partial charge in [-0.2, -0.15) is 0 Å². The van der Waals surface area contributed by atoms with Crippen LogP contribution in [0.4, 0.5) is 10.5 Å². The molecule has 4 rings (SSSR count). The second-order valence-corrected chi connectivity index (χ2v) is 8.45. The highest BCUT2D eigenvalue weighted by molar-refractivity contribution is 5.97. The van der Waals surface area contributed by atoms with Gasteiger partial charge in [0.2, 0.25) is 0 Å². The number of carboxylic acid groups (broad SMARTS) is 1. The fraction of sp³-hybridized carbons (Fsp3) is 0.222. The summed E-state index contributed by atoms with van der Waals surface area (Å²) < 4.78 is 5.59. The number of rotatable bonds is 7. The Hall–Kier alpha value is -4.13. The molecule has 0 heterocycles. The number of aliphatic carboxylic acids is 1. The summed E-state index contributed by atoms with van der Waals surface area (Å²) in [5, 5.41) is 14.2. The van der Waals surface area contributed by atoms with Crippen molar-refractivity contribution in [1.82, 2.24) is 5.32 Å². The first-order valence-electron chi connectivity index (χ1n) is 11.1. The number of carbonyl (C=O) groups excluding carboxylic acids is 2. The standard InChI is InChI=1S/C27H26N2O5/c1-16-11-12-18(26(32)28-17(2)13-25(30)31)14-24(16)29-27(33)34-15-23-21-9-5-3-7-19(21)20-8-4-6-10-22(20)23/h3-12,14,17,23H,13,15H2,1-2H3,(H,28,32)(H,29,33)(H,30,31)/t17-/m1/s1. The molecule has 0 aliphatic heterocycles. The van der Waals surface area contributed by atoms with Crippen molar-refractivity contribution < 1.29 is 24.2 Å². The molecule has 0 fully saturated rings. The summed E-state index contributed by atoms with van der Waals surface area (Å²) in [5.41, 5.74) is 6.09. The van der Waals surface area contributed by atoms with Gasteiger partial charge in [-0.3, -0.25) is 14.9 Å². The summed E-state index contributed by atoms with van der Waals surface area (Å²) >= 11 is 0. The van der Waals surface area contributed by atoms with Gasteiger partial charge in [-0.1, -0.05) is 54.6 Å². The van der Waals surface area contributed by atoms with Gasteiger partial charge in [0.1, 0.15) is 6.61 Å². The molecular formula is C27H26N2O5. The number of fused-ring (bicyclic) bond motifs is 3. The monoisotopic (exact) mass is 458 g/mol. The van der Waals surface area contributed by atoms with E-state index in [0.717, 1.165) is 27.8 Å². The van der Waals surface area contributed by atoms with Gasteiger partial charge in [-0.05, 0) is 53.8 Å². The summed E-state index contributed by atoms with van der Waals surface area (Å²) in [6.07, 6.45) is -0.788. The lowest BCUT2D eigenvalue weighted by Gasteiger charge is -2.16. The molecule has 0 bridgehead atoms. The van der Waals surface area contributed by atoms with Crippen LogP contribution in [0.15, 0.2) is 66.7 Å². The molecule has 3 N–H and O–H groups in total. The third kappa shape index (κ3) is 4.93. The molecule has 174 valence electrons. The van der Waals surface area contributed by atoms with E-state index < -0.39 is 24.0 Å². The summed E-state index contributed by atoms with van der Waals surface area (Å²) in [5.74, 6) is -1.45. The zero-order valence-electron chi connectivity index (χ0n) is 19.0. The van der Waals surface area contributed by atoms with Crippen molar-refractivity contribution in [2.75, 3.05) is 11.9 Å².